The molecule has 0 saturated carbocycles. The Morgan fingerprint density at radius 2 is 1.67 bits per heavy atom. The fourth-order valence-electron chi connectivity index (χ4n) is 4.83. The Bertz CT molecular complexity index is 1300. The number of amides is 1. The molecule has 0 aliphatic carbocycles. The molecule has 5 rings (SSSR count). The number of piperidine rings is 1. The monoisotopic (exact) mass is 480 g/mol. The third-order valence-corrected chi connectivity index (χ3v) is 6.92. The summed E-state index contributed by atoms with van der Waals surface area (Å²) in [6.07, 6.45) is 1.15. The van der Waals surface area contributed by atoms with Gasteiger partial charge in [-0.3, -0.25) is 4.79 Å². The van der Waals surface area contributed by atoms with E-state index in [9.17, 15) is 4.79 Å². The molecule has 1 fully saturated rings. The minimum Gasteiger partial charge on any atom is -0.497 e. The molecule has 0 spiro atoms. The Kier molecular flexibility index (Phi) is 7.60. The molecular formula is C31H32N2O3. The van der Waals surface area contributed by atoms with E-state index < -0.39 is 0 Å². The van der Waals surface area contributed by atoms with Crippen molar-refractivity contribution in [2.24, 2.45) is 0 Å². The Labute approximate surface area is 212 Å². The summed E-state index contributed by atoms with van der Waals surface area (Å²) in [5.74, 6) is 0.983. The molecule has 4 aromatic rings. The van der Waals surface area contributed by atoms with E-state index in [4.69, 9.17) is 9.47 Å². The zero-order chi connectivity index (χ0) is 24.7. The van der Waals surface area contributed by atoms with Crippen molar-refractivity contribution in [2.45, 2.75) is 31.6 Å². The molecule has 2 N–H and O–H groups in total. The number of ether oxygens (including phenoxy) is 2. The molecular weight excluding hydrogens is 448 g/mol. The van der Waals surface area contributed by atoms with Crippen LogP contribution in [0.5, 0.6) is 5.75 Å². The van der Waals surface area contributed by atoms with Crippen molar-refractivity contribution in [3.8, 4) is 5.75 Å². The number of benzene rings is 4. The number of hydrogen-bond donors (Lipinski definition) is 2. The lowest BCUT2D eigenvalue weighted by atomic mass is 9.87. The van der Waals surface area contributed by atoms with Gasteiger partial charge in [-0.1, -0.05) is 60.7 Å². The van der Waals surface area contributed by atoms with Gasteiger partial charge >= 0.3 is 0 Å². The molecule has 2 unspecified atom stereocenters. The van der Waals surface area contributed by atoms with Crippen molar-refractivity contribution in [1.29, 1.82) is 0 Å². The Balaban J connectivity index is 1.18. The molecule has 1 amide bonds. The number of hydrogen-bond acceptors (Lipinski definition) is 4. The Morgan fingerprint density at radius 1 is 0.917 bits per heavy atom. The summed E-state index contributed by atoms with van der Waals surface area (Å²) >= 11 is 0. The van der Waals surface area contributed by atoms with Crippen LogP contribution in [0.15, 0.2) is 91.0 Å². The largest absolute Gasteiger partial charge is 0.497 e. The summed E-state index contributed by atoms with van der Waals surface area (Å²) in [6, 6.07) is 30.6. The van der Waals surface area contributed by atoms with Crippen LogP contribution in [0.2, 0.25) is 0 Å². The molecule has 1 saturated heterocycles. The number of rotatable bonds is 8. The second-order valence-electron chi connectivity index (χ2n) is 9.28. The SMILES string of the molecule is COc1ccc(C(=O)NCc2ccc(C3CCNCC3OCc3ccc4ccccc4c3)cc2)cc1. The van der Waals surface area contributed by atoms with Crippen molar-refractivity contribution in [2.75, 3.05) is 20.2 Å². The molecule has 1 aliphatic heterocycles. The van der Waals surface area contributed by atoms with Gasteiger partial charge in [0, 0.05) is 24.6 Å². The minimum atomic E-state index is -0.0951. The van der Waals surface area contributed by atoms with E-state index in [1.807, 2.05) is 0 Å². The van der Waals surface area contributed by atoms with E-state index >= 15 is 0 Å². The molecule has 36 heavy (non-hydrogen) atoms. The van der Waals surface area contributed by atoms with Gasteiger partial charge in [-0.2, -0.15) is 0 Å². The van der Waals surface area contributed by atoms with Crippen molar-refractivity contribution in [1.82, 2.24) is 10.6 Å². The van der Waals surface area contributed by atoms with E-state index in [1.54, 1.807) is 31.4 Å². The molecule has 184 valence electrons. The standard InChI is InChI=1S/C31H32N2O3/c1-35-28-14-12-26(13-15-28)31(34)33-19-22-6-10-25(11-7-22)29-16-17-32-20-30(29)36-21-23-8-9-24-4-2-3-5-27(24)18-23/h2-15,18,29-30,32H,16-17,19-21H2,1H3,(H,33,34). The highest BCUT2D eigenvalue weighted by molar-refractivity contribution is 5.94. The lowest BCUT2D eigenvalue weighted by molar-refractivity contribution is 0.0106. The van der Waals surface area contributed by atoms with Crippen LogP contribution in [0.1, 0.15) is 39.4 Å². The highest BCUT2D eigenvalue weighted by Gasteiger charge is 2.27. The average Bonchev–Trinajstić information content (AvgIpc) is 2.95. The highest BCUT2D eigenvalue weighted by atomic mass is 16.5. The molecule has 1 heterocycles. The van der Waals surface area contributed by atoms with Crippen LogP contribution in [0.3, 0.4) is 0 Å². The first-order valence-electron chi connectivity index (χ1n) is 12.5. The van der Waals surface area contributed by atoms with Crippen LogP contribution >= 0.6 is 0 Å². The smallest absolute Gasteiger partial charge is 0.251 e. The highest BCUT2D eigenvalue weighted by Crippen LogP contribution is 2.29. The zero-order valence-corrected chi connectivity index (χ0v) is 20.6. The van der Waals surface area contributed by atoms with Crippen molar-refractivity contribution in [3.05, 3.63) is 113 Å². The summed E-state index contributed by atoms with van der Waals surface area (Å²) in [5.41, 5.74) is 4.17. The summed E-state index contributed by atoms with van der Waals surface area (Å²) in [7, 11) is 1.61. The quantitative estimate of drug-likeness (QED) is 0.353. The maximum atomic E-state index is 12.5. The van der Waals surface area contributed by atoms with Gasteiger partial charge in [-0.15, -0.1) is 0 Å². The van der Waals surface area contributed by atoms with Crippen LogP contribution in [-0.2, 0) is 17.9 Å². The van der Waals surface area contributed by atoms with Crippen LogP contribution in [-0.4, -0.2) is 32.2 Å². The van der Waals surface area contributed by atoms with Crippen LogP contribution < -0.4 is 15.4 Å². The first-order valence-corrected chi connectivity index (χ1v) is 12.5. The van der Waals surface area contributed by atoms with Gasteiger partial charge in [-0.05, 0) is 70.8 Å². The number of nitrogens with one attached hydrogen (secondary N) is 2. The zero-order valence-electron chi connectivity index (χ0n) is 20.6. The number of methoxy groups -OCH3 is 1. The predicted molar refractivity (Wildman–Crippen MR) is 143 cm³/mol. The van der Waals surface area contributed by atoms with Gasteiger partial charge in [0.15, 0.2) is 0 Å². The van der Waals surface area contributed by atoms with Crippen molar-refractivity contribution < 1.29 is 14.3 Å². The lowest BCUT2D eigenvalue weighted by Gasteiger charge is -2.32. The fraction of sp³-hybridized carbons (Fsp3) is 0.258. The van der Waals surface area contributed by atoms with E-state index in [0.29, 0.717) is 24.6 Å². The Hall–Kier alpha value is -3.67. The molecule has 2 atom stereocenters. The third kappa shape index (κ3) is 5.76. The van der Waals surface area contributed by atoms with E-state index in [-0.39, 0.29) is 12.0 Å². The average molecular weight is 481 g/mol. The molecule has 5 nitrogen and oxygen atoms in total. The van der Waals surface area contributed by atoms with Gasteiger partial charge in [0.2, 0.25) is 0 Å². The maximum absolute atomic E-state index is 12.5. The van der Waals surface area contributed by atoms with E-state index in [1.165, 1.54) is 21.9 Å². The van der Waals surface area contributed by atoms with Crippen molar-refractivity contribution in [3.63, 3.8) is 0 Å². The van der Waals surface area contributed by atoms with E-state index in [0.717, 1.165) is 30.8 Å². The summed E-state index contributed by atoms with van der Waals surface area (Å²) < 4.78 is 11.6. The van der Waals surface area contributed by atoms with Crippen LogP contribution in [0, 0.1) is 0 Å². The molecule has 1 aliphatic rings. The fourth-order valence-corrected chi connectivity index (χ4v) is 4.83. The maximum Gasteiger partial charge on any atom is 0.251 e. The van der Waals surface area contributed by atoms with Gasteiger partial charge in [0.25, 0.3) is 5.91 Å². The predicted octanol–water partition coefficient (Wildman–Crippen LogP) is 5.44. The third-order valence-electron chi connectivity index (χ3n) is 6.92. The Morgan fingerprint density at radius 3 is 2.44 bits per heavy atom. The second kappa shape index (κ2) is 11.4. The normalized spacial score (nSPS) is 17.6. The van der Waals surface area contributed by atoms with Gasteiger partial charge in [-0.25, -0.2) is 0 Å². The van der Waals surface area contributed by atoms with Crippen molar-refractivity contribution >= 4 is 16.7 Å². The van der Waals surface area contributed by atoms with Gasteiger partial charge in [0.1, 0.15) is 5.75 Å². The summed E-state index contributed by atoms with van der Waals surface area (Å²) in [4.78, 5) is 12.5. The molecule has 0 aromatic heterocycles. The van der Waals surface area contributed by atoms with Crippen LogP contribution in [0.4, 0.5) is 0 Å². The second-order valence-corrected chi connectivity index (χ2v) is 9.28. The minimum absolute atomic E-state index is 0.0951. The number of fused-ring (bicyclic) bond motifs is 1. The van der Waals surface area contributed by atoms with Gasteiger partial charge < -0.3 is 20.1 Å². The lowest BCUT2D eigenvalue weighted by Crippen LogP contribution is -2.41. The summed E-state index contributed by atoms with van der Waals surface area (Å²) in [5, 5.41) is 8.98. The first-order chi connectivity index (χ1) is 17.7. The molecule has 4 aromatic carbocycles. The number of carbonyl (C=O) groups is 1. The molecule has 0 bridgehead atoms. The van der Waals surface area contributed by atoms with Gasteiger partial charge in [0.05, 0.1) is 19.8 Å². The van der Waals surface area contributed by atoms with E-state index in [2.05, 4.69) is 77.4 Å². The first kappa shape index (κ1) is 24.0. The topological polar surface area (TPSA) is 59.6 Å². The number of carbonyl (C=O) groups excluding carboxylic acids is 1. The van der Waals surface area contributed by atoms with Crippen LogP contribution in [0.25, 0.3) is 10.8 Å². The summed E-state index contributed by atoms with van der Waals surface area (Å²) in [6.45, 7) is 2.92. The molecule has 5 heteroatoms. The molecule has 0 radical (unpaired) electrons.